The zero-order chi connectivity index (χ0) is 14.8. The van der Waals surface area contributed by atoms with Gasteiger partial charge in [0.1, 0.15) is 11.4 Å². The molecule has 0 spiro atoms. The third-order valence-electron chi connectivity index (χ3n) is 3.81. The Balaban J connectivity index is 2.27. The number of aromatic carboxylic acids is 1. The van der Waals surface area contributed by atoms with Gasteiger partial charge in [0.25, 0.3) is 0 Å². The highest BCUT2D eigenvalue weighted by Crippen LogP contribution is 2.38. The molecule has 110 valence electrons. The molecule has 1 aliphatic rings. The fourth-order valence-electron chi connectivity index (χ4n) is 2.62. The number of methoxy groups -OCH3 is 1. The molecule has 2 N–H and O–H groups in total. The van der Waals surface area contributed by atoms with Crippen LogP contribution in [0.3, 0.4) is 0 Å². The highest BCUT2D eigenvalue weighted by Gasteiger charge is 2.33. The zero-order valence-corrected chi connectivity index (χ0v) is 12.3. The summed E-state index contributed by atoms with van der Waals surface area (Å²) in [7, 11) is 1.65. The normalized spacial score (nSPS) is 15.9. The van der Waals surface area contributed by atoms with E-state index in [9.17, 15) is 9.90 Å². The lowest BCUT2D eigenvalue weighted by Gasteiger charge is -2.19. The first-order valence-electron chi connectivity index (χ1n) is 6.96. The Morgan fingerprint density at radius 3 is 2.95 bits per heavy atom. The molecule has 1 aromatic heterocycles. The topological polar surface area (TPSA) is 71.5 Å². The number of carbonyl (C=O) groups is 1. The van der Waals surface area contributed by atoms with Gasteiger partial charge in [-0.15, -0.1) is 0 Å². The molecule has 0 fully saturated rings. The van der Waals surface area contributed by atoms with E-state index >= 15 is 0 Å². The molecule has 0 bridgehead atoms. The predicted molar refractivity (Wildman–Crippen MR) is 77.5 cm³/mol. The Labute approximate surface area is 119 Å². The van der Waals surface area contributed by atoms with Crippen LogP contribution in [0.5, 0.6) is 0 Å². The van der Waals surface area contributed by atoms with Gasteiger partial charge in [-0.25, -0.2) is 9.78 Å². The van der Waals surface area contributed by atoms with E-state index in [0.29, 0.717) is 19.0 Å². The summed E-state index contributed by atoms with van der Waals surface area (Å²) in [5, 5.41) is 12.4. The predicted octanol–water partition coefficient (Wildman–Crippen LogP) is 2.45. The highest BCUT2D eigenvalue weighted by atomic mass is 16.5. The van der Waals surface area contributed by atoms with E-state index in [4.69, 9.17) is 4.74 Å². The molecule has 0 aromatic carbocycles. The van der Waals surface area contributed by atoms with Crippen molar-refractivity contribution in [2.24, 2.45) is 0 Å². The first-order valence-corrected chi connectivity index (χ1v) is 6.96. The van der Waals surface area contributed by atoms with Crippen molar-refractivity contribution in [3.63, 3.8) is 0 Å². The highest BCUT2D eigenvalue weighted by molar-refractivity contribution is 5.93. The molecular weight excluding hydrogens is 256 g/mol. The van der Waals surface area contributed by atoms with Crippen LogP contribution in [0.1, 0.15) is 48.3 Å². The fraction of sp³-hybridized carbons (Fsp3) is 0.600. The van der Waals surface area contributed by atoms with Crippen LogP contribution in [0.4, 0.5) is 5.82 Å². The average Bonchev–Trinajstić information content (AvgIpc) is 2.69. The Kier molecular flexibility index (Phi) is 4.28. The molecule has 2 rings (SSSR count). The van der Waals surface area contributed by atoms with Gasteiger partial charge in [0.05, 0.1) is 5.69 Å². The second kappa shape index (κ2) is 5.79. The van der Waals surface area contributed by atoms with Crippen LogP contribution in [-0.2, 0) is 16.6 Å². The molecular formula is C15H22N2O3. The first-order chi connectivity index (χ1) is 9.45. The van der Waals surface area contributed by atoms with Crippen molar-refractivity contribution in [3.05, 3.63) is 22.9 Å². The van der Waals surface area contributed by atoms with E-state index in [1.807, 2.05) is 0 Å². The number of aromatic nitrogens is 1. The lowest BCUT2D eigenvalue weighted by molar-refractivity contribution is 0.0697. The van der Waals surface area contributed by atoms with Crippen LogP contribution in [-0.4, -0.2) is 36.3 Å². The van der Waals surface area contributed by atoms with Gasteiger partial charge in [-0.05, 0) is 30.9 Å². The minimum atomic E-state index is -0.931. The second-order valence-corrected chi connectivity index (χ2v) is 5.85. The van der Waals surface area contributed by atoms with Crippen LogP contribution >= 0.6 is 0 Å². The average molecular weight is 278 g/mol. The Bertz CT molecular complexity index is 512. The molecule has 0 saturated heterocycles. The van der Waals surface area contributed by atoms with E-state index in [2.05, 4.69) is 24.1 Å². The summed E-state index contributed by atoms with van der Waals surface area (Å²) in [5.74, 6) is -0.457. The number of aryl methyl sites for hydroxylation is 1. The minimum absolute atomic E-state index is 0.0231. The summed E-state index contributed by atoms with van der Waals surface area (Å²) in [6, 6.07) is 1.78. The Morgan fingerprint density at radius 2 is 2.30 bits per heavy atom. The van der Waals surface area contributed by atoms with E-state index in [1.54, 1.807) is 13.2 Å². The summed E-state index contributed by atoms with van der Waals surface area (Å²) < 4.78 is 4.99. The van der Waals surface area contributed by atoms with Crippen LogP contribution in [0, 0.1) is 0 Å². The lowest BCUT2D eigenvalue weighted by atomic mass is 9.90. The number of anilines is 1. The van der Waals surface area contributed by atoms with Gasteiger partial charge >= 0.3 is 5.97 Å². The van der Waals surface area contributed by atoms with Crippen LogP contribution < -0.4 is 5.32 Å². The summed E-state index contributed by atoms with van der Waals surface area (Å²) in [6.45, 7) is 5.61. The van der Waals surface area contributed by atoms with E-state index in [-0.39, 0.29) is 11.0 Å². The van der Waals surface area contributed by atoms with Gasteiger partial charge in [0.2, 0.25) is 0 Å². The number of carboxylic acid groups (broad SMARTS) is 1. The van der Waals surface area contributed by atoms with Crippen molar-refractivity contribution >= 4 is 11.8 Å². The molecule has 5 nitrogen and oxygen atoms in total. The van der Waals surface area contributed by atoms with Crippen molar-refractivity contribution in [2.75, 3.05) is 25.6 Å². The fourth-order valence-corrected chi connectivity index (χ4v) is 2.62. The number of pyridine rings is 1. The van der Waals surface area contributed by atoms with Gasteiger partial charge in [0.15, 0.2) is 0 Å². The molecule has 0 saturated carbocycles. The van der Waals surface area contributed by atoms with Crippen LogP contribution in [0.2, 0.25) is 0 Å². The van der Waals surface area contributed by atoms with E-state index in [0.717, 1.165) is 30.5 Å². The van der Waals surface area contributed by atoms with Crippen molar-refractivity contribution in [1.82, 2.24) is 4.98 Å². The van der Waals surface area contributed by atoms with Crippen LogP contribution in [0.25, 0.3) is 0 Å². The number of rotatable bonds is 6. The summed E-state index contributed by atoms with van der Waals surface area (Å²) >= 11 is 0. The van der Waals surface area contributed by atoms with E-state index < -0.39 is 5.97 Å². The third-order valence-corrected chi connectivity index (χ3v) is 3.81. The van der Waals surface area contributed by atoms with Crippen LogP contribution in [0.15, 0.2) is 6.07 Å². The Morgan fingerprint density at radius 1 is 1.55 bits per heavy atom. The molecule has 1 heterocycles. The SMILES string of the molecule is COCCCNc1nc2c(cc1C(=O)O)CCC2(C)C. The maximum atomic E-state index is 11.4. The molecule has 1 aliphatic carbocycles. The van der Waals surface area contributed by atoms with Gasteiger partial charge in [-0.1, -0.05) is 13.8 Å². The third kappa shape index (κ3) is 2.93. The zero-order valence-electron chi connectivity index (χ0n) is 12.3. The molecule has 0 radical (unpaired) electrons. The summed E-state index contributed by atoms with van der Waals surface area (Å²) in [4.78, 5) is 16.0. The standard InChI is InChI=1S/C15H22N2O3/c1-15(2)6-5-10-9-11(14(18)19)13(17-12(10)15)16-7-4-8-20-3/h9H,4-8H2,1-3H3,(H,16,17)(H,18,19). The maximum absolute atomic E-state index is 11.4. The minimum Gasteiger partial charge on any atom is -0.478 e. The molecule has 1 aromatic rings. The summed E-state index contributed by atoms with van der Waals surface area (Å²) in [6.07, 6.45) is 2.73. The Hall–Kier alpha value is -1.62. The quantitative estimate of drug-likeness (QED) is 0.782. The lowest BCUT2D eigenvalue weighted by Crippen LogP contribution is -2.18. The van der Waals surface area contributed by atoms with Crippen molar-refractivity contribution in [3.8, 4) is 0 Å². The largest absolute Gasteiger partial charge is 0.478 e. The maximum Gasteiger partial charge on any atom is 0.339 e. The molecule has 0 aliphatic heterocycles. The van der Waals surface area contributed by atoms with Crippen molar-refractivity contribution in [2.45, 2.75) is 38.5 Å². The molecule has 0 atom stereocenters. The second-order valence-electron chi connectivity index (χ2n) is 5.85. The number of fused-ring (bicyclic) bond motifs is 1. The van der Waals surface area contributed by atoms with Crippen molar-refractivity contribution in [1.29, 1.82) is 0 Å². The van der Waals surface area contributed by atoms with Gasteiger partial charge in [-0.3, -0.25) is 0 Å². The van der Waals surface area contributed by atoms with Crippen molar-refractivity contribution < 1.29 is 14.6 Å². The van der Waals surface area contributed by atoms with Gasteiger partial charge < -0.3 is 15.2 Å². The molecule has 5 heteroatoms. The van der Waals surface area contributed by atoms with Gasteiger partial charge in [-0.2, -0.15) is 0 Å². The number of hydrogen-bond acceptors (Lipinski definition) is 4. The monoisotopic (exact) mass is 278 g/mol. The molecule has 0 amide bonds. The number of carboxylic acids is 1. The number of nitrogens with zero attached hydrogens (tertiary/aromatic N) is 1. The number of nitrogens with one attached hydrogen (secondary N) is 1. The van der Waals surface area contributed by atoms with E-state index in [1.165, 1.54) is 0 Å². The number of hydrogen-bond donors (Lipinski definition) is 2. The molecule has 0 unspecified atom stereocenters. The van der Waals surface area contributed by atoms with Gasteiger partial charge in [0, 0.05) is 25.7 Å². The number of ether oxygens (including phenoxy) is 1. The summed E-state index contributed by atoms with van der Waals surface area (Å²) in [5.41, 5.74) is 2.38. The first kappa shape index (κ1) is 14.8. The smallest absolute Gasteiger partial charge is 0.339 e. The molecule has 20 heavy (non-hydrogen) atoms.